The highest BCUT2D eigenvalue weighted by atomic mass is 16.5. The predicted molar refractivity (Wildman–Crippen MR) is 67.5 cm³/mol. The minimum atomic E-state index is -0.634. The second kappa shape index (κ2) is 4.39. The van der Waals surface area contributed by atoms with Crippen molar-refractivity contribution in [3.8, 4) is 0 Å². The van der Waals surface area contributed by atoms with Gasteiger partial charge in [-0.15, -0.1) is 0 Å². The summed E-state index contributed by atoms with van der Waals surface area (Å²) in [5.41, 5.74) is 1.84. The zero-order valence-corrected chi connectivity index (χ0v) is 10.4. The van der Waals surface area contributed by atoms with Crippen LogP contribution in [0.15, 0.2) is 24.3 Å². The Labute approximate surface area is 107 Å². The third-order valence-electron chi connectivity index (χ3n) is 4.56. The highest BCUT2D eigenvalue weighted by Gasteiger charge is 2.49. The number of aliphatic carboxylic acids is 1. The summed E-state index contributed by atoms with van der Waals surface area (Å²) >= 11 is 0. The fourth-order valence-corrected chi connectivity index (χ4v) is 3.51. The maximum absolute atomic E-state index is 11.9. The van der Waals surface area contributed by atoms with Gasteiger partial charge in [0.15, 0.2) is 0 Å². The second-order valence-corrected chi connectivity index (χ2v) is 5.47. The zero-order chi connectivity index (χ0) is 12.6. The molecule has 1 N–H and O–H groups in total. The maximum atomic E-state index is 11.9. The first-order valence-electron chi connectivity index (χ1n) is 6.60. The number of ether oxygens (including phenoxy) is 1. The Morgan fingerprint density at radius 3 is 2.22 bits per heavy atom. The number of fused-ring (bicyclic) bond motifs is 1. The molecule has 0 amide bonds. The number of carboxylic acids is 1. The molecule has 1 aliphatic carbocycles. The van der Waals surface area contributed by atoms with Crippen LogP contribution >= 0.6 is 0 Å². The standard InChI is InChI=1S/C15H18O3/c16-14(17)15(13-5-7-18-8-6-13)9-11-3-1-2-4-12(11)10-15/h1-4,13H,5-10H2,(H,16,17). The molecule has 1 aromatic rings. The third kappa shape index (κ3) is 1.74. The van der Waals surface area contributed by atoms with Crippen molar-refractivity contribution in [3.05, 3.63) is 35.4 Å². The van der Waals surface area contributed by atoms with E-state index in [4.69, 9.17) is 4.74 Å². The molecule has 1 fully saturated rings. The largest absolute Gasteiger partial charge is 0.481 e. The van der Waals surface area contributed by atoms with Gasteiger partial charge in [0.2, 0.25) is 0 Å². The van der Waals surface area contributed by atoms with Crippen molar-refractivity contribution in [1.29, 1.82) is 0 Å². The Balaban J connectivity index is 1.93. The summed E-state index contributed by atoms with van der Waals surface area (Å²) in [4.78, 5) is 11.9. The number of rotatable bonds is 2. The van der Waals surface area contributed by atoms with Gasteiger partial charge < -0.3 is 9.84 Å². The molecule has 1 saturated heterocycles. The lowest BCUT2D eigenvalue weighted by atomic mass is 9.69. The van der Waals surface area contributed by atoms with Crippen LogP contribution in [0.5, 0.6) is 0 Å². The third-order valence-corrected chi connectivity index (χ3v) is 4.56. The van der Waals surface area contributed by atoms with Crippen LogP contribution in [0.3, 0.4) is 0 Å². The number of hydrogen-bond donors (Lipinski definition) is 1. The first kappa shape index (κ1) is 11.7. The molecule has 1 aliphatic heterocycles. The summed E-state index contributed by atoms with van der Waals surface area (Å²) in [5.74, 6) is -0.387. The Hall–Kier alpha value is -1.35. The average Bonchev–Trinajstić information content (AvgIpc) is 2.80. The van der Waals surface area contributed by atoms with E-state index in [0.29, 0.717) is 26.1 Å². The molecular weight excluding hydrogens is 228 g/mol. The lowest BCUT2D eigenvalue weighted by Crippen LogP contribution is -2.42. The van der Waals surface area contributed by atoms with Gasteiger partial charge in [-0.1, -0.05) is 24.3 Å². The minimum absolute atomic E-state index is 0.246. The Bertz CT molecular complexity index is 436. The van der Waals surface area contributed by atoms with Crippen LogP contribution in [0.25, 0.3) is 0 Å². The molecule has 2 aliphatic rings. The van der Waals surface area contributed by atoms with E-state index in [1.165, 1.54) is 11.1 Å². The summed E-state index contributed by atoms with van der Waals surface area (Å²) in [5, 5.41) is 9.75. The van der Waals surface area contributed by atoms with Crippen molar-refractivity contribution in [1.82, 2.24) is 0 Å². The lowest BCUT2D eigenvalue weighted by Gasteiger charge is -2.36. The van der Waals surface area contributed by atoms with Crippen LogP contribution in [-0.4, -0.2) is 24.3 Å². The number of carbonyl (C=O) groups is 1. The monoisotopic (exact) mass is 246 g/mol. The highest BCUT2D eigenvalue weighted by molar-refractivity contribution is 5.77. The van der Waals surface area contributed by atoms with Crippen molar-refractivity contribution < 1.29 is 14.6 Å². The molecule has 3 nitrogen and oxygen atoms in total. The van der Waals surface area contributed by atoms with Gasteiger partial charge in [-0.2, -0.15) is 0 Å². The minimum Gasteiger partial charge on any atom is -0.481 e. The van der Waals surface area contributed by atoms with Crippen LogP contribution in [0.4, 0.5) is 0 Å². The van der Waals surface area contributed by atoms with E-state index in [1.807, 2.05) is 12.1 Å². The van der Waals surface area contributed by atoms with Crippen LogP contribution in [0.2, 0.25) is 0 Å². The Morgan fingerprint density at radius 1 is 1.17 bits per heavy atom. The molecule has 3 heteroatoms. The fourth-order valence-electron chi connectivity index (χ4n) is 3.51. The Kier molecular flexibility index (Phi) is 2.86. The fraction of sp³-hybridized carbons (Fsp3) is 0.533. The van der Waals surface area contributed by atoms with Gasteiger partial charge >= 0.3 is 5.97 Å². The molecule has 0 saturated carbocycles. The van der Waals surface area contributed by atoms with Crippen LogP contribution in [0.1, 0.15) is 24.0 Å². The van der Waals surface area contributed by atoms with Gasteiger partial charge in [-0.25, -0.2) is 0 Å². The van der Waals surface area contributed by atoms with E-state index < -0.39 is 11.4 Å². The van der Waals surface area contributed by atoms with Crippen LogP contribution < -0.4 is 0 Å². The van der Waals surface area contributed by atoms with E-state index >= 15 is 0 Å². The molecule has 0 radical (unpaired) electrons. The first-order valence-corrected chi connectivity index (χ1v) is 6.60. The van der Waals surface area contributed by atoms with Crippen LogP contribution in [-0.2, 0) is 22.4 Å². The number of benzene rings is 1. The van der Waals surface area contributed by atoms with Crippen LogP contribution in [0, 0.1) is 11.3 Å². The molecule has 1 heterocycles. The maximum Gasteiger partial charge on any atom is 0.310 e. The van der Waals surface area contributed by atoms with Gasteiger partial charge in [0, 0.05) is 13.2 Å². The molecule has 18 heavy (non-hydrogen) atoms. The number of hydrogen-bond acceptors (Lipinski definition) is 2. The zero-order valence-electron chi connectivity index (χ0n) is 10.4. The summed E-state index contributed by atoms with van der Waals surface area (Å²) in [6.45, 7) is 1.41. The van der Waals surface area contributed by atoms with E-state index in [2.05, 4.69) is 12.1 Å². The van der Waals surface area contributed by atoms with E-state index in [1.54, 1.807) is 0 Å². The van der Waals surface area contributed by atoms with Crippen molar-refractivity contribution in [2.24, 2.45) is 11.3 Å². The quantitative estimate of drug-likeness (QED) is 0.870. The molecule has 96 valence electrons. The van der Waals surface area contributed by atoms with Crippen molar-refractivity contribution >= 4 is 5.97 Å². The van der Waals surface area contributed by atoms with Crippen molar-refractivity contribution in [2.75, 3.05) is 13.2 Å². The molecule has 0 spiro atoms. The van der Waals surface area contributed by atoms with Gasteiger partial charge in [0.05, 0.1) is 5.41 Å². The predicted octanol–water partition coefficient (Wildman–Crippen LogP) is 2.28. The second-order valence-electron chi connectivity index (χ2n) is 5.47. The van der Waals surface area contributed by atoms with E-state index in [0.717, 1.165) is 12.8 Å². The van der Waals surface area contributed by atoms with Gasteiger partial charge in [0.25, 0.3) is 0 Å². The molecule has 3 rings (SSSR count). The lowest BCUT2D eigenvalue weighted by molar-refractivity contribution is -0.154. The topological polar surface area (TPSA) is 46.5 Å². The molecule has 1 aromatic carbocycles. The van der Waals surface area contributed by atoms with Crippen molar-refractivity contribution in [2.45, 2.75) is 25.7 Å². The first-order chi connectivity index (χ1) is 8.72. The molecule has 0 bridgehead atoms. The molecule has 0 aromatic heterocycles. The molecule has 0 atom stereocenters. The molecular formula is C15H18O3. The summed E-state index contributed by atoms with van der Waals surface area (Å²) in [6.07, 6.45) is 3.12. The molecule has 0 unspecified atom stereocenters. The summed E-state index contributed by atoms with van der Waals surface area (Å²) < 4.78 is 5.37. The highest BCUT2D eigenvalue weighted by Crippen LogP contribution is 2.46. The number of carboxylic acid groups (broad SMARTS) is 1. The Morgan fingerprint density at radius 2 is 1.72 bits per heavy atom. The summed E-state index contributed by atoms with van der Waals surface area (Å²) in [6, 6.07) is 8.14. The SMILES string of the molecule is O=C(O)C1(C2CCOCC2)Cc2ccccc2C1. The average molecular weight is 246 g/mol. The smallest absolute Gasteiger partial charge is 0.310 e. The summed E-state index contributed by atoms with van der Waals surface area (Å²) in [7, 11) is 0. The van der Waals surface area contributed by atoms with Gasteiger partial charge in [-0.05, 0) is 42.7 Å². The van der Waals surface area contributed by atoms with Gasteiger partial charge in [0.1, 0.15) is 0 Å². The van der Waals surface area contributed by atoms with Gasteiger partial charge in [-0.3, -0.25) is 4.79 Å². The van der Waals surface area contributed by atoms with E-state index in [9.17, 15) is 9.90 Å². The van der Waals surface area contributed by atoms with Crippen molar-refractivity contribution in [3.63, 3.8) is 0 Å². The normalized spacial score (nSPS) is 22.7. The van der Waals surface area contributed by atoms with E-state index in [-0.39, 0.29) is 5.92 Å².